The van der Waals surface area contributed by atoms with E-state index in [1.807, 2.05) is 37.3 Å². The fourth-order valence-corrected chi connectivity index (χ4v) is 2.66. The molecule has 0 aliphatic rings. The van der Waals surface area contributed by atoms with E-state index in [1.54, 1.807) is 6.20 Å². The van der Waals surface area contributed by atoms with Crippen LogP contribution in [0.1, 0.15) is 11.3 Å². The van der Waals surface area contributed by atoms with Gasteiger partial charge in [0.25, 0.3) is 0 Å². The zero-order chi connectivity index (χ0) is 14.8. The van der Waals surface area contributed by atoms with Gasteiger partial charge in [-0.15, -0.1) is 11.6 Å². The van der Waals surface area contributed by atoms with E-state index in [4.69, 9.17) is 16.3 Å². The molecule has 0 radical (unpaired) electrons. The van der Waals surface area contributed by atoms with Crippen LogP contribution in [0.15, 0.2) is 47.1 Å². The largest absolute Gasteiger partial charge is 0.424 e. The second-order valence-corrected chi connectivity index (χ2v) is 5.84. The molecule has 0 aliphatic heterocycles. The number of aryl methyl sites for hydroxylation is 1. The molecule has 0 aliphatic carbocycles. The van der Waals surface area contributed by atoms with Gasteiger partial charge in [-0.3, -0.25) is 0 Å². The lowest BCUT2D eigenvalue weighted by atomic mass is 10.1. The van der Waals surface area contributed by atoms with Crippen molar-refractivity contribution in [2.75, 3.05) is 0 Å². The highest BCUT2D eigenvalue weighted by Crippen LogP contribution is 2.26. The van der Waals surface area contributed by atoms with Crippen molar-refractivity contribution in [2.24, 2.45) is 0 Å². The molecule has 3 nitrogen and oxygen atoms in total. The van der Waals surface area contributed by atoms with Crippen LogP contribution >= 0.6 is 27.5 Å². The highest BCUT2D eigenvalue weighted by atomic mass is 79.9. The fraction of sp³-hybridized carbons (Fsp3) is 0.125. The first-order valence-electron chi connectivity index (χ1n) is 6.41. The Labute approximate surface area is 136 Å². The summed E-state index contributed by atoms with van der Waals surface area (Å²) in [6, 6.07) is 12.3. The molecule has 0 unspecified atom stereocenters. The summed E-state index contributed by atoms with van der Waals surface area (Å²) in [6.45, 7) is 1.89. The molecule has 3 rings (SSSR count). The summed E-state index contributed by atoms with van der Waals surface area (Å²) in [5, 5.41) is 2.25. The topological polar surface area (TPSA) is 35.0 Å². The minimum atomic E-state index is 0.331. The van der Waals surface area contributed by atoms with Crippen LogP contribution in [-0.2, 0) is 5.88 Å². The lowest BCUT2D eigenvalue weighted by Gasteiger charge is -2.07. The van der Waals surface area contributed by atoms with Crippen molar-refractivity contribution in [1.29, 1.82) is 0 Å². The Hall–Kier alpha value is -1.65. The van der Waals surface area contributed by atoms with E-state index in [9.17, 15) is 0 Å². The van der Waals surface area contributed by atoms with E-state index < -0.39 is 0 Å². The molecule has 106 valence electrons. The molecule has 5 heteroatoms. The van der Waals surface area contributed by atoms with E-state index in [2.05, 4.69) is 32.0 Å². The van der Waals surface area contributed by atoms with E-state index in [0.717, 1.165) is 26.5 Å². The fourth-order valence-electron chi connectivity index (χ4n) is 2.01. The average molecular weight is 364 g/mol. The highest BCUT2D eigenvalue weighted by Gasteiger charge is 2.05. The summed E-state index contributed by atoms with van der Waals surface area (Å²) in [6.07, 6.45) is 1.70. The van der Waals surface area contributed by atoms with Gasteiger partial charge in [-0.1, -0.05) is 28.1 Å². The molecule has 1 heterocycles. The molecule has 0 N–H and O–H groups in total. The zero-order valence-corrected chi connectivity index (χ0v) is 13.6. The van der Waals surface area contributed by atoms with Crippen LogP contribution < -0.4 is 4.74 Å². The van der Waals surface area contributed by atoms with Gasteiger partial charge < -0.3 is 4.74 Å². The number of benzene rings is 2. The minimum absolute atomic E-state index is 0.331. The van der Waals surface area contributed by atoms with Gasteiger partial charge in [-0.05, 0) is 42.0 Å². The van der Waals surface area contributed by atoms with Crippen LogP contribution in [0.5, 0.6) is 11.8 Å². The Morgan fingerprint density at radius 1 is 1.14 bits per heavy atom. The summed E-state index contributed by atoms with van der Waals surface area (Å²) in [5.41, 5.74) is 1.74. The maximum Gasteiger partial charge on any atom is 0.322 e. The summed E-state index contributed by atoms with van der Waals surface area (Å²) in [7, 11) is 0. The molecule has 0 saturated carbocycles. The quantitative estimate of drug-likeness (QED) is 0.597. The van der Waals surface area contributed by atoms with Gasteiger partial charge in [0, 0.05) is 21.9 Å². The SMILES string of the molecule is Cc1nc(Oc2ccc3cc(Br)ccc3c2)ncc1CCl. The number of hydrogen-bond acceptors (Lipinski definition) is 3. The van der Waals surface area contributed by atoms with Gasteiger partial charge in [-0.25, -0.2) is 4.98 Å². The van der Waals surface area contributed by atoms with Crippen LogP contribution in [0.4, 0.5) is 0 Å². The maximum atomic E-state index is 5.80. The molecule has 3 aromatic rings. The third-order valence-electron chi connectivity index (χ3n) is 3.19. The first-order valence-corrected chi connectivity index (χ1v) is 7.74. The van der Waals surface area contributed by atoms with Crippen molar-refractivity contribution < 1.29 is 4.74 Å². The van der Waals surface area contributed by atoms with Crippen LogP contribution in [0.2, 0.25) is 0 Å². The smallest absolute Gasteiger partial charge is 0.322 e. The average Bonchev–Trinajstić information content (AvgIpc) is 2.48. The minimum Gasteiger partial charge on any atom is -0.424 e. The van der Waals surface area contributed by atoms with Gasteiger partial charge >= 0.3 is 6.01 Å². The summed E-state index contributed by atoms with van der Waals surface area (Å²) < 4.78 is 6.77. The van der Waals surface area contributed by atoms with Gasteiger partial charge in [0.1, 0.15) is 5.75 Å². The Bertz CT molecular complexity index is 807. The molecule has 1 aromatic heterocycles. The van der Waals surface area contributed by atoms with Crippen molar-refractivity contribution in [3.8, 4) is 11.8 Å². The second kappa shape index (κ2) is 6.00. The van der Waals surface area contributed by atoms with Crippen molar-refractivity contribution in [3.63, 3.8) is 0 Å². The lowest BCUT2D eigenvalue weighted by Crippen LogP contribution is -1.97. The predicted molar refractivity (Wildman–Crippen MR) is 88.0 cm³/mol. The van der Waals surface area contributed by atoms with E-state index in [-0.39, 0.29) is 0 Å². The summed E-state index contributed by atoms with van der Waals surface area (Å²) in [4.78, 5) is 8.48. The molecule has 21 heavy (non-hydrogen) atoms. The predicted octanol–water partition coefficient (Wildman–Crippen LogP) is 5.23. The van der Waals surface area contributed by atoms with Crippen LogP contribution in [-0.4, -0.2) is 9.97 Å². The molecule has 0 amide bonds. The van der Waals surface area contributed by atoms with Crippen LogP contribution in [0.3, 0.4) is 0 Å². The monoisotopic (exact) mass is 362 g/mol. The standard InChI is InChI=1S/C16H12BrClN2O/c1-10-13(8-18)9-19-16(20-10)21-15-5-3-11-6-14(17)4-2-12(11)7-15/h2-7,9H,8H2,1H3. The lowest BCUT2D eigenvalue weighted by molar-refractivity contribution is 0.440. The number of hydrogen-bond donors (Lipinski definition) is 0. The number of halogens is 2. The number of fused-ring (bicyclic) bond motifs is 1. The third-order valence-corrected chi connectivity index (χ3v) is 3.97. The maximum absolute atomic E-state index is 5.80. The first-order chi connectivity index (χ1) is 10.2. The molecule has 0 fully saturated rings. The van der Waals surface area contributed by atoms with Crippen molar-refractivity contribution in [1.82, 2.24) is 9.97 Å². The Morgan fingerprint density at radius 2 is 1.90 bits per heavy atom. The summed E-state index contributed by atoms with van der Waals surface area (Å²) in [5.74, 6) is 1.11. The van der Waals surface area contributed by atoms with Gasteiger partial charge in [0.15, 0.2) is 0 Å². The molecule has 0 bridgehead atoms. The molecule has 0 atom stereocenters. The molecular weight excluding hydrogens is 352 g/mol. The molecule has 0 saturated heterocycles. The third kappa shape index (κ3) is 3.17. The van der Waals surface area contributed by atoms with Gasteiger partial charge in [0.2, 0.25) is 0 Å². The van der Waals surface area contributed by atoms with Crippen molar-refractivity contribution >= 4 is 38.3 Å². The van der Waals surface area contributed by atoms with Gasteiger partial charge in [0.05, 0.1) is 5.88 Å². The molecule has 2 aromatic carbocycles. The zero-order valence-electron chi connectivity index (χ0n) is 11.3. The molecule has 0 spiro atoms. The second-order valence-electron chi connectivity index (χ2n) is 4.65. The highest BCUT2D eigenvalue weighted by molar-refractivity contribution is 9.10. The van der Waals surface area contributed by atoms with E-state index >= 15 is 0 Å². The number of aromatic nitrogens is 2. The number of alkyl halides is 1. The van der Waals surface area contributed by atoms with Gasteiger partial charge in [-0.2, -0.15) is 4.98 Å². The van der Waals surface area contributed by atoms with Crippen LogP contribution in [0, 0.1) is 6.92 Å². The first kappa shape index (κ1) is 14.3. The van der Waals surface area contributed by atoms with Crippen LogP contribution in [0.25, 0.3) is 10.8 Å². The Morgan fingerprint density at radius 3 is 2.67 bits per heavy atom. The number of nitrogens with zero attached hydrogens (tertiary/aromatic N) is 2. The molecular formula is C16H12BrClN2O. The Kier molecular flexibility index (Phi) is 4.08. The van der Waals surface area contributed by atoms with Crippen molar-refractivity contribution in [2.45, 2.75) is 12.8 Å². The number of rotatable bonds is 3. The van der Waals surface area contributed by atoms with Crippen molar-refractivity contribution in [3.05, 3.63) is 58.3 Å². The number of ether oxygens (including phenoxy) is 1. The normalized spacial score (nSPS) is 10.8. The Balaban J connectivity index is 1.91. The van der Waals surface area contributed by atoms with E-state index in [1.165, 1.54) is 0 Å². The van der Waals surface area contributed by atoms with E-state index in [0.29, 0.717) is 17.6 Å². The summed E-state index contributed by atoms with van der Waals surface area (Å²) >= 11 is 9.26.